The molecule has 0 spiro atoms. The van der Waals surface area contributed by atoms with Crippen molar-refractivity contribution in [3.63, 3.8) is 0 Å². The van der Waals surface area contributed by atoms with E-state index in [1.54, 1.807) is 66.9 Å². The van der Waals surface area contributed by atoms with Crippen LogP contribution in [0.4, 0.5) is 11.6 Å². The van der Waals surface area contributed by atoms with E-state index in [1.807, 2.05) is 6.07 Å². The van der Waals surface area contributed by atoms with Crippen molar-refractivity contribution >= 4 is 38.2 Å². The van der Waals surface area contributed by atoms with E-state index in [9.17, 15) is 18.3 Å². The number of carboxylic acids is 1. The summed E-state index contributed by atoms with van der Waals surface area (Å²) in [6, 6.07) is 18.8. The highest BCUT2D eigenvalue weighted by atomic mass is 32.2. The SMILES string of the molecule is CS(=O)(=O)Cc1ccc(Nc2nccc(Oc3ccc4c(C(=O)O)cccc4c3)n2)cc1. The van der Waals surface area contributed by atoms with E-state index in [-0.39, 0.29) is 11.3 Å². The average molecular weight is 449 g/mol. The molecule has 162 valence electrons. The molecule has 0 atom stereocenters. The molecule has 3 aromatic carbocycles. The third kappa shape index (κ3) is 5.19. The molecule has 0 saturated heterocycles. The van der Waals surface area contributed by atoms with Crippen molar-refractivity contribution in [2.45, 2.75) is 5.75 Å². The fourth-order valence-electron chi connectivity index (χ4n) is 3.21. The van der Waals surface area contributed by atoms with Crippen molar-refractivity contribution in [1.29, 1.82) is 0 Å². The van der Waals surface area contributed by atoms with Gasteiger partial charge in [0.2, 0.25) is 11.8 Å². The van der Waals surface area contributed by atoms with Gasteiger partial charge in [-0.2, -0.15) is 4.98 Å². The van der Waals surface area contributed by atoms with Crippen LogP contribution in [-0.4, -0.2) is 35.7 Å². The Morgan fingerprint density at radius 2 is 1.84 bits per heavy atom. The minimum Gasteiger partial charge on any atom is -0.478 e. The number of nitrogens with one attached hydrogen (secondary N) is 1. The number of rotatable bonds is 7. The number of ether oxygens (including phenoxy) is 1. The summed E-state index contributed by atoms with van der Waals surface area (Å²) in [4.78, 5) is 19.9. The van der Waals surface area contributed by atoms with E-state index in [2.05, 4.69) is 15.3 Å². The molecule has 8 nitrogen and oxygen atoms in total. The zero-order valence-electron chi connectivity index (χ0n) is 17.0. The number of benzene rings is 3. The van der Waals surface area contributed by atoms with Gasteiger partial charge >= 0.3 is 5.97 Å². The second kappa shape index (κ2) is 8.64. The molecule has 0 fully saturated rings. The maximum Gasteiger partial charge on any atom is 0.336 e. The Kier molecular flexibility index (Phi) is 5.74. The number of aromatic nitrogens is 2. The number of carboxylic acid groups (broad SMARTS) is 1. The van der Waals surface area contributed by atoms with Crippen molar-refractivity contribution in [3.8, 4) is 11.6 Å². The van der Waals surface area contributed by atoms with Crippen LogP contribution >= 0.6 is 0 Å². The fourth-order valence-corrected chi connectivity index (χ4v) is 4.01. The van der Waals surface area contributed by atoms with Gasteiger partial charge in [0.15, 0.2) is 9.84 Å². The second-order valence-corrected chi connectivity index (χ2v) is 9.35. The first kappa shape index (κ1) is 21.3. The van der Waals surface area contributed by atoms with Crippen molar-refractivity contribution in [1.82, 2.24) is 9.97 Å². The third-order valence-electron chi connectivity index (χ3n) is 4.57. The lowest BCUT2D eigenvalue weighted by molar-refractivity contribution is 0.0699. The van der Waals surface area contributed by atoms with E-state index < -0.39 is 15.8 Å². The number of nitrogens with zero attached hydrogens (tertiary/aromatic N) is 2. The minimum atomic E-state index is -3.10. The van der Waals surface area contributed by atoms with Gasteiger partial charge in [-0.1, -0.05) is 24.3 Å². The molecule has 0 amide bonds. The van der Waals surface area contributed by atoms with Gasteiger partial charge in [-0.25, -0.2) is 18.2 Å². The standard InChI is InChI=1S/C23H19N3O5S/c1-32(29,30)14-15-5-7-17(8-6-15)25-23-24-12-11-21(26-23)31-18-9-10-19-16(13-18)3-2-4-20(19)22(27)28/h2-13H,14H2,1H3,(H,27,28)(H,24,25,26). The first-order chi connectivity index (χ1) is 15.3. The largest absolute Gasteiger partial charge is 0.478 e. The van der Waals surface area contributed by atoms with Crippen LogP contribution < -0.4 is 10.1 Å². The summed E-state index contributed by atoms with van der Waals surface area (Å²) in [5.41, 5.74) is 1.62. The molecule has 1 aromatic heterocycles. The number of hydrogen-bond donors (Lipinski definition) is 2. The highest BCUT2D eigenvalue weighted by Crippen LogP contribution is 2.27. The molecule has 0 bridgehead atoms. The predicted octanol–water partition coefficient (Wildman–Crippen LogP) is 4.41. The van der Waals surface area contributed by atoms with Gasteiger partial charge in [0.1, 0.15) is 5.75 Å². The molecule has 0 radical (unpaired) electrons. The van der Waals surface area contributed by atoms with Crippen LogP contribution in [0.3, 0.4) is 0 Å². The molecule has 4 aromatic rings. The Morgan fingerprint density at radius 1 is 1.06 bits per heavy atom. The Balaban J connectivity index is 1.50. The first-order valence-corrected chi connectivity index (χ1v) is 11.6. The Hall–Kier alpha value is -3.98. The van der Waals surface area contributed by atoms with E-state index in [0.717, 1.165) is 5.39 Å². The third-order valence-corrected chi connectivity index (χ3v) is 5.43. The van der Waals surface area contributed by atoms with Gasteiger partial charge in [-0.3, -0.25) is 0 Å². The summed E-state index contributed by atoms with van der Waals surface area (Å²) in [6.45, 7) is 0. The van der Waals surface area contributed by atoms with Crippen molar-refractivity contribution in [2.75, 3.05) is 11.6 Å². The molecule has 0 aliphatic carbocycles. The fraction of sp³-hybridized carbons (Fsp3) is 0.0870. The number of carbonyl (C=O) groups is 1. The van der Waals surface area contributed by atoms with Crippen molar-refractivity contribution in [3.05, 3.63) is 84.1 Å². The van der Waals surface area contributed by atoms with Crippen LogP contribution in [0.25, 0.3) is 10.8 Å². The summed E-state index contributed by atoms with van der Waals surface area (Å²) < 4.78 is 28.6. The van der Waals surface area contributed by atoms with Crippen LogP contribution in [0.1, 0.15) is 15.9 Å². The lowest BCUT2D eigenvalue weighted by Gasteiger charge is -2.09. The molecule has 0 saturated carbocycles. The highest BCUT2D eigenvalue weighted by molar-refractivity contribution is 7.89. The van der Waals surface area contributed by atoms with E-state index in [0.29, 0.717) is 34.2 Å². The van der Waals surface area contributed by atoms with Crippen LogP contribution in [0.5, 0.6) is 11.6 Å². The van der Waals surface area contributed by atoms with E-state index in [4.69, 9.17) is 4.74 Å². The monoisotopic (exact) mass is 449 g/mol. The van der Waals surface area contributed by atoms with Gasteiger partial charge in [0.05, 0.1) is 11.3 Å². The van der Waals surface area contributed by atoms with Gasteiger partial charge in [0.25, 0.3) is 0 Å². The van der Waals surface area contributed by atoms with Crippen LogP contribution in [0.15, 0.2) is 72.9 Å². The first-order valence-electron chi connectivity index (χ1n) is 9.57. The predicted molar refractivity (Wildman–Crippen MR) is 121 cm³/mol. The van der Waals surface area contributed by atoms with E-state index in [1.165, 1.54) is 6.26 Å². The van der Waals surface area contributed by atoms with Crippen LogP contribution in [0, 0.1) is 0 Å². The molecule has 32 heavy (non-hydrogen) atoms. The Morgan fingerprint density at radius 3 is 2.56 bits per heavy atom. The molecule has 0 aliphatic heterocycles. The Labute approximate surface area is 184 Å². The minimum absolute atomic E-state index is 0.0210. The molecule has 9 heteroatoms. The normalized spacial score (nSPS) is 11.3. The van der Waals surface area contributed by atoms with Gasteiger partial charge in [0, 0.05) is 24.2 Å². The molecule has 0 unspecified atom stereocenters. The van der Waals surface area contributed by atoms with Crippen LogP contribution in [0.2, 0.25) is 0 Å². The summed E-state index contributed by atoms with van der Waals surface area (Å²) in [5, 5.41) is 13.7. The van der Waals surface area contributed by atoms with Gasteiger partial charge in [-0.05, 0) is 52.7 Å². The molecule has 2 N–H and O–H groups in total. The molecular weight excluding hydrogens is 430 g/mol. The molecule has 0 aliphatic rings. The van der Waals surface area contributed by atoms with Crippen molar-refractivity contribution in [2.24, 2.45) is 0 Å². The lowest BCUT2D eigenvalue weighted by Crippen LogP contribution is -2.01. The number of sulfone groups is 1. The maximum atomic E-state index is 11.4. The van der Waals surface area contributed by atoms with Gasteiger partial charge < -0.3 is 15.2 Å². The van der Waals surface area contributed by atoms with Gasteiger partial charge in [-0.15, -0.1) is 0 Å². The number of fused-ring (bicyclic) bond motifs is 1. The highest BCUT2D eigenvalue weighted by Gasteiger charge is 2.10. The lowest BCUT2D eigenvalue weighted by atomic mass is 10.0. The van der Waals surface area contributed by atoms with Crippen LogP contribution in [-0.2, 0) is 15.6 Å². The number of hydrogen-bond acceptors (Lipinski definition) is 7. The number of aromatic carboxylic acids is 1. The average Bonchev–Trinajstić information content (AvgIpc) is 2.74. The summed E-state index contributed by atoms with van der Waals surface area (Å²) in [5.74, 6) is 0.125. The summed E-state index contributed by atoms with van der Waals surface area (Å²) >= 11 is 0. The van der Waals surface area contributed by atoms with E-state index >= 15 is 0 Å². The Bertz CT molecular complexity index is 1400. The van der Waals surface area contributed by atoms with Crippen molar-refractivity contribution < 1.29 is 23.1 Å². The topological polar surface area (TPSA) is 118 Å². The second-order valence-electron chi connectivity index (χ2n) is 7.21. The molecule has 4 rings (SSSR count). The number of anilines is 2. The summed E-state index contributed by atoms with van der Waals surface area (Å²) in [6.07, 6.45) is 2.74. The quantitative estimate of drug-likeness (QED) is 0.426. The maximum absolute atomic E-state index is 11.4. The zero-order chi connectivity index (χ0) is 22.7. The smallest absolute Gasteiger partial charge is 0.336 e. The molecule has 1 heterocycles. The zero-order valence-corrected chi connectivity index (χ0v) is 17.8. The molecular formula is C23H19N3O5S. The summed E-state index contributed by atoms with van der Waals surface area (Å²) in [7, 11) is -3.10.